The van der Waals surface area contributed by atoms with Crippen LogP contribution in [0.1, 0.15) is 12.8 Å². The van der Waals surface area contributed by atoms with Gasteiger partial charge in [-0.25, -0.2) is 21.2 Å². The molecule has 2 aromatic carbocycles. The molecule has 2 saturated heterocycles. The first-order chi connectivity index (χ1) is 17.5. The molecule has 1 amide bonds. The average molecular weight is 555 g/mol. The molecule has 2 aliphatic heterocycles. The Labute approximate surface area is 217 Å². The van der Waals surface area contributed by atoms with Crippen molar-refractivity contribution in [2.24, 2.45) is 5.92 Å². The third-order valence-electron chi connectivity index (χ3n) is 6.72. The molecular weight excluding hydrogens is 523 g/mol. The van der Waals surface area contributed by atoms with E-state index < -0.39 is 31.8 Å². The Kier molecular flexibility index (Phi) is 8.19. The minimum Gasteiger partial charge on any atom is -0.495 e. The number of hydrogen-bond donors (Lipinski definition) is 1. The van der Waals surface area contributed by atoms with Crippen LogP contribution in [0, 0.1) is 11.7 Å². The van der Waals surface area contributed by atoms with Crippen LogP contribution in [0.15, 0.2) is 52.3 Å². The topological polar surface area (TPSA) is 116 Å². The standard InChI is InChI=1S/C24H31FN4O6S2/c1-27-12-14-28(15-13-27)36(31,32)21-8-6-20(7-9-21)26-24(30)18-4-3-11-29(17-18)37(33,34)23-16-19(25)5-10-22(23)35-2/h5-10,16,18H,3-4,11-15,17H2,1-2H3,(H,26,30). The summed E-state index contributed by atoms with van der Waals surface area (Å²) >= 11 is 0. The molecule has 10 nitrogen and oxygen atoms in total. The van der Waals surface area contributed by atoms with Gasteiger partial charge >= 0.3 is 0 Å². The monoisotopic (exact) mass is 554 g/mol. The number of carbonyl (C=O) groups excluding carboxylic acids is 1. The number of hydrogen-bond acceptors (Lipinski definition) is 7. The molecule has 1 N–H and O–H groups in total. The van der Waals surface area contributed by atoms with E-state index in [-0.39, 0.29) is 34.5 Å². The summed E-state index contributed by atoms with van der Waals surface area (Å²) in [5, 5.41) is 2.76. The number of benzene rings is 2. The maximum absolute atomic E-state index is 13.8. The van der Waals surface area contributed by atoms with Crippen molar-refractivity contribution in [3.05, 3.63) is 48.3 Å². The van der Waals surface area contributed by atoms with Crippen LogP contribution in [0.5, 0.6) is 5.75 Å². The molecule has 0 bridgehead atoms. The van der Waals surface area contributed by atoms with Gasteiger partial charge < -0.3 is 15.0 Å². The Morgan fingerprint density at radius 2 is 1.62 bits per heavy atom. The predicted molar refractivity (Wildman–Crippen MR) is 136 cm³/mol. The number of sulfonamides is 2. The van der Waals surface area contributed by atoms with Gasteiger partial charge in [-0.05, 0) is 62.4 Å². The fourth-order valence-electron chi connectivity index (χ4n) is 4.50. The Morgan fingerprint density at radius 3 is 2.27 bits per heavy atom. The van der Waals surface area contributed by atoms with Crippen LogP contribution in [0.3, 0.4) is 0 Å². The number of nitrogens with zero attached hydrogens (tertiary/aromatic N) is 3. The third-order valence-corrected chi connectivity index (χ3v) is 10.5. The van der Waals surface area contributed by atoms with Gasteiger partial charge in [-0.1, -0.05) is 0 Å². The van der Waals surface area contributed by atoms with E-state index in [2.05, 4.69) is 10.2 Å². The molecule has 1 atom stereocenters. The van der Waals surface area contributed by atoms with Crippen molar-refractivity contribution < 1.29 is 30.8 Å². The molecule has 13 heteroatoms. The lowest BCUT2D eigenvalue weighted by atomic mass is 9.99. The van der Waals surface area contributed by atoms with Crippen LogP contribution >= 0.6 is 0 Å². The van der Waals surface area contributed by atoms with E-state index in [0.29, 0.717) is 44.7 Å². The number of halogens is 1. The van der Waals surface area contributed by atoms with Gasteiger partial charge in [0.1, 0.15) is 16.5 Å². The minimum absolute atomic E-state index is 0.0274. The number of carbonyl (C=O) groups is 1. The Balaban J connectivity index is 1.43. The number of piperazine rings is 1. The average Bonchev–Trinajstić information content (AvgIpc) is 2.89. The number of amides is 1. The molecule has 2 heterocycles. The van der Waals surface area contributed by atoms with Crippen molar-refractivity contribution in [1.82, 2.24) is 13.5 Å². The molecule has 0 aliphatic carbocycles. The van der Waals surface area contributed by atoms with Crippen LogP contribution in [-0.2, 0) is 24.8 Å². The van der Waals surface area contributed by atoms with Gasteiger partial charge in [0.05, 0.1) is 17.9 Å². The molecule has 1 unspecified atom stereocenters. The number of ether oxygens (including phenoxy) is 1. The zero-order valence-electron chi connectivity index (χ0n) is 20.8. The van der Waals surface area contributed by atoms with Crippen molar-refractivity contribution in [3.63, 3.8) is 0 Å². The molecular formula is C24H31FN4O6S2. The highest BCUT2D eigenvalue weighted by atomic mass is 32.2. The summed E-state index contributed by atoms with van der Waals surface area (Å²) in [6, 6.07) is 9.24. The third kappa shape index (κ3) is 5.96. The minimum atomic E-state index is -4.09. The first-order valence-corrected chi connectivity index (χ1v) is 14.8. The molecule has 2 fully saturated rings. The second kappa shape index (κ2) is 11.0. The van der Waals surface area contributed by atoms with Gasteiger partial charge in [0.15, 0.2) is 0 Å². The van der Waals surface area contributed by atoms with Crippen molar-refractivity contribution in [3.8, 4) is 5.75 Å². The van der Waals surface area contributed by atoms with E-state index in [1.54, 1.807) is 0 Å². The van der Waals surface area contributed by atoms with E-state index in [4.69, 9.17) is 4.74 Å². The van der Waals surface area contributed by atoms with Crippen molar-refractivity contribution >= 4 is 31.6 Å². The molecule has 0 aromatic heterocycles. The summed E-state index contributed by atoms with van der Waals surface area (Å²) < 4.78 is 73.8. The normalized spacial score (nSPS) is 20.5. The summed E-state index contributed by atoms with van der Waals surface area (Å²) in [5.41, 5.74) is 0.411. The van der Waals surface area contributed by atoms with E-state index in [0.717, 1.165) is 12.1 Å². The van der Waals surface area contributed by atoms with Crippen LogP contribution in [0.4, 0.5) is 10.1 Å². The fraction of sp³-hybridized carbons (Fsp3) is 0.458. The maximum atomic E-state index is 13.8. The van der Waals surface area contributed by atoms with Crippen molar-refractivity contribution in [2.45, 2.75) is 22.6 Å². The maximum Gasteiger partial charge on any atom is 0.246 e. The molecule has 202 valence electrons. The molecule has 0 radical (unpaired) electrons. The first kappa shape index (κ1) is 27.5. The van der Waals surface area contributed by atoms with Crippen molar-refractivity contribution in [1.29, 1.82) is 0 Å². The van der Waals surface area contributed by atoms with Crippen molar-refractivity contribution in [2.75, 3.05) is 58.7 Å². The highest BCUT2D eigenvalue weighted by Crippen LogP contribution is 2.31. The summed E-state index contributed by atoms with van der Waals surface area (Å²) in [6.07, 6.45) is 0.936. The van der Waals surface area contributed by atoms with Crippen LogP contribution in [-0.4, -0.2) is 89.7 Å². The highest BCUT2D eigenvalue weighted by Gasteiger charge is 2.35. The molecule has 37 heavy (non-hydrogen) atoms. The Hall–Kier alpha value is -2.58. The fourth-order valence-corrected chi connectivity index (χ4v) is 7.61. The number of anilines is 1. The summed E-state index contributed by atoms with van der Waals surface area (Å²) in [6.45, 7) is 2.29. The summed E-state index contributed by atoms with van der Waals surface area (Å²) in [4.78, 5) is 14.9. The van der Waals surface area contributed by atoms with Crippen LogP contribution < -0.4 is 10.1 Å². The second-order valence-corrected chi connectivity index (χ2v) is 13.1. The predicted octanol–water partition coefficient (Wildman–Crippen LogP) is 1.81. The largest absolute Gasteiger partial charge is 0.495 e. The highest BCUT2D eigenvalue weighted by molar-refractivity contribution is 7.89. The molecule has 0 spiro atoms. The Bertz CT molecular complexity index is 1340. The second-order valence-electron chi connectivity index (χ2n) is 9.22. The number of methoxy groups -OCH3 is 1. The molecule has 4 rings (SSSR count). The number of nitrogens with one attached hydrogen (secondary N) is 1. The van der Waals surface area contributed by atoms with Gasteiger partial charge in [-0.15, -0.1) is 0 Å². The lowest BCUT2D eigenvalue weighted by molar-refractivity contribution is -0.120. The zero-order chi connectivity index (χ0) is 26.8. The van der Waals surface area contributed by atoms with Gasteiger partial charge in [0.25, 0.3) is 0 Å². The van der Waals surface area contributed by atoms with Gasteiger partial charge in [0.2, 0.25) is 26.0 Å². The van der Waals surface area contributed by atoms with E-state index in [1.807, 2.05) is 7.05 Å². The zero-order valence-corrected chi connectivity index (χ0v) is 22.4. The van der Waals surface area contributed by atoms with Gasteiger partial charge in [-0.3, -0.25) is 4.79 Å². The molecule has 0 saturated carbocycles. The Morgan fingerprint density at radius 1 is 0.946 bits per heavy atom. The summed E-state index contributed by atoms with van der Waals surface area (Å²) in [7, 11) is -4.46. The SMILES string of the molecule is COc1ccc(F)cc1S(=O)(=O)N1CCCC(C(=O)Nc2ccc(S(=O)(=O)N3CCN(C)CC3)cc2)C1. The van der Waals surface area contributed by atoms with Crippen LogP contribution in [0.2, 0.25) is 0 Å². The van der Waals surface area contributed by atoms with Gasteiger partial charge in [0, 0.05) is 45.0 Å². The number of rotatable bonds is 7. The van der Waals surface area contributed by atoms with E-state index in [1.165, 1.54) is 46.1 Å². The quantitative estimate of drug-likeness (QED) is 0.555. The van der Waals surface area contributed by atoms with Gasteiger partial charge in [-0.2, -0.15) is 8.61 Å². The smallest absolute Gasteiger partial charge is 0.246 e. The first-order valence-electron chi connectivity index (χ1n) is 12.0. The number of likely N-dealkylation sites (N-methyl/N-ethyl adjacent to an activating group) is 1. The number of piperidine rings is 1. The lowest BCUT2D eigenvalue weighted by Gasteiger charge is -2.32. The van der Waals surface area contributed by atoms with E-state index >= 15 is 0 Å². The van der Waals surface area contributed by atoms with Crippen LogP contribution in [0.25, 0.3) is 0 Å². The van der Waals surface area contributed by atoms with E-state index in [9.17, 15) is 26.0 Å². The lowest BCUT2D eigenvalue weighted by Crippen LogP contribution is -2.47. The molecule has 2 aliphatic rings. The summed E-state index contributed by atoms with van der Waals surface area (Å²) in [5.74, 6) is -1.68. The molecule has 2 aromatic rings.